The summed E-state index contributed by atoms with van der Waals surface area (Å²) in [5.41, 5.74) is 0.477. The van der Waals surface area contributed by atoms with E-state index in [0.29, 0.717) is 38.2 Å². The van der Waals surface area contributed by atoms with E-state index in [9.17, 15) is 14.7 Å². The van der Waals surface area contributed by atoms with Crippen LogP contribution >= 0.6 is 0 Å². The highest BCUT2D eigenvalue weighted by Gasteiger charge is 2.33. The van der Waals surface area contributed by atoms with Crippen LogP contribution in [0.15, 0.2) is 18.7 Å². The maximum absolute atomic E-state index is 12.6. The third-order valence-electron chi connectivity index (χ3n) is 5.16. The normalized spacial score (nSPS) is 25.5. The molecule has 0 spiro atoms. The molecule has 136 valence electrons. The van der Waals surface area contributed by atoms with Gasteiger partial charge >= 0.3 is 0 Å². The van der Waals surface area contributed by atoms with Gasteiger partial charge in [0, 0.05) is 64.6 Å². The van der Waals surface area contributed by atoms with Crippen molar-refractivity contribution >= 4 is 11.8 Å². The third-order valence-corrected chi connectivity index (χ3v) is 5.16. The van der Waals surface area contributed by atoms with E-state index in [1.54, 1.807) is 11.8 Å². The van der Waals surface area contributed by atoms with Crippen molar-refractivity contribution in [3.63, 3.8) is 0 Å². The molecule has 1 aromatic rings. The van der Waals surface area contributed by atoms with Gasteiger partial charge in [-0.25, -0.2) is 9.97 Å². The highest BCUT2D eigenvalue weighted by molar-refractivity contribution is 5.93. The lowest BCUT2D eigenvalue weighted by Gasteiger charge is -2.40. The van der Waals surface area contributed by atoms with Crippen LogP contribution in [0, 0.1) is 0 Å². The number of rotatable bonds is 2. The second-order valence-corrected chi connectivity index (χ2v) is 6.67. The highest BCUT2D eigenvalue weighted by Crippen LogP contribution is 2.20. The van der Waals surface area contributed by atoms with Crippen LogP contribution in [0.25, 0.3) is 0 Å². The average Bonchev–Trinajstić information content (AvgIpc) is 2.84. The van der Waals surface area contributed by atoms with Crippen LogP contribution < -0.4 is 0 Å². The summed E-state index contributed by atoms with van der Waals surface area (Å²) in [4.78, 5) is 37.7. The highest BCUT2D eigenvalue weighted by atomic mass is 16.3. The Morgan fingerprint density at radius 3 is 2.28 bits per heavy atom. The van der Waals surface area contributed by atoms with Crippen molar-refractivity contribution in [1.82, 2.24) is 24.7 Å². The summed E-state index contributed by atoms with van der Waals surface area (Å²) in [6.07, 6.45) is 5.26. The van der Waals surface area contributed by atoms with E-state index < -0.39 is 6.10 Å². The molecule has 3 heterocycles. The van der Waals surface area contributed by atoms with Crippen molar-refractivity contribution in [3.8, 4) is 0 Å². The Labute approximate surface area is 147 Å². The number of amides is 2. The molecular weight excluding hydrogens is 322 g/mol. The number of hydrogen-bond acceptors (Lipinski definition) is 6. The van der Waals surface area contributed by atoms with Gasteiger partial charge in [0.1, 0.15) is 6.33 Å². The van der Waals surface area contributed by atoms with Gasteiger partial charge in [0.05, 0.1) is 11.7 Å². The van der Waals surface area contributed by atoms with Gasteiger partial charge < -0.3 is 14.9 Å². The van der Waals surface area contributed by atoms with Gasteiger partial charge in [0.2, 0.25) is 5.91 Å². The molecule has 25 heavy (non-hydrogen) atoms. The number of aliphatic hydroxyl groups is 1. The maximum atomic E-state index is 12.6. The molecule has 1 aromatic heterocycles. The van der Waals surface area contributed by atoms with Gasteiger partial charge in [-0.2, -0.15) is 0 Å². The molecule has 2 aliphatic rings. The Hall–Kier alpha value is -2.06. The first-order valence-electron chi connectivity index (χ1n) is 8.78. The van der Waals surface area contributed by atoms with E-state index in [4.69, 9.17) is 0 Å². The van der Waals surface area contributed by atoms with Crippen LogP contribution in [0.2, 0.25) is 0 Å². The number of piperazine rings is 1. The summed E-state index contributed by atoms with van der Waals surface area (Å²) < 4.78 is 0. The van der Waals surface area contributed by atoms with Gasteiger partial charge in [0.15, 0.2) is 0 Å². The van der Waals surface area contributed by atoms with E-state index in [1.165, 1.54) is 18.7 Å². The van der Waals surface area contributed by atoms with Gasteiger partial charge in [-0.05, 0) is 12.8 Å². The lowest BCUT2D eigenvalue weighted by Crippen LogP contribution is -2.54. The minimum absolute atomic E-state index is 0.0268. The van der Waals surface area contributed by atoms with Crippen molar-refractivity contribution < 1.29 is 14.7 Å². The molecule has 8 heteroatoms. The molecule has 2 aliphatic heterocycles. The zero-order chi connectivity index (χ0) is 17.8. The Kier molecular flexibility index (Phi) is 5.60. The SMILES string of the molecule is CC(=O)N1CCN([C@H]2CCN(C(=O)c3cncnc3)CC[C@@H]2O)CC1. The van der Waals surface area contributed by atoms with Crippen LogP contribution in [0.5, 0.6) is 0 Å². The summed E-state index contributed by atoms with van der Waals surface area (Å²) in [6, 6.07) is 0.0268. The number of aliphatic hydroxyl groups excluding tert-OH is 1. The van der Waals surface area contributed by atoms with Crippen molar-refractivity contribution in [2.75, 3.05) is 39.3 Å². The molecule has 0 aromatic carbocycles. The molecule has 0 bridgehead atoms. The van der Waals surface area contributed by atoms with Crippen LogP contribution in [-0.2, 0) is 4.79 Å². The van der Waals surface area contributed by atoms with Gasteiger partial charge in [-0.1, -0.05) is 0 Å². The molecule has 0 radical (unpaired) electrons. The van der Waals surface area contributed by atoms with E-state index in [0.717, 1.165) is 19.5 Å². The van der Waals surface area contributed by atoms with Crippen LogP contribution in [0.1, 0.15) is 30.1 Å². The average molecular weight is 347 g/mol. The Morgan fingerprint density at radius 2 is 1.64 bits per heavy atom. The molecule has 1 N–H and O–H groups in total. The summed E-state index contributed by atoms with van der Waals surface area (Å²) in [6.45, 7) is 5.64. The lowest BCUT2D eigenvalue weighted by atomic mass is 10.0. The molecule has 2 amide bonds. The predicted octanol–water partition coefficient (Wildman–Crippen LogP) is -0.394. The standard InChI is InChI=1S/C17H25N5O3/c1-13(23)20-6-8-21(9-7-20)15-2-4-22(5-3-16(15)24)17(25)14-10-18-12-19-11-14/h10-12,15-16,24H,2-9H2,1H3/t15-,16-/m0/s1. The van der Waals surface area contributed by atoms with Gasteiger partial charge in [0.25, 0.3) is 5.91 Å². The van der Waals surface area contributed by atoms with Gasteiger partial charge in [-0.15, -0.1) is 0 Å². The minimum Gasteiger partial charge on any atom is -0.391 e. The molecule has 0 saturated carbocycles. The number of likely N-dealkylation sites (tertiary alicyclic amines) is 1. The quantitative estimate of drug-likeness (QED) is 0.783. The molecule has 8 nitrogen and oxygen atoms in total. The second kappa shape index (κ2) is 7.88. The number of hydrogen-bond donors (Lipinski definition) is 1. The van der Waals surface area contributed by atoms with E-state index in [1.807, 2.05) is 4.90 Å². The third kappa shape index (κ3) is 4.13. The Morgan fingerprint density at radius 1 is 1.00 bits per heavy atom. The van der Waals surface area contributed by atoms with E-state index in [-0.39, 0.29) is 17.9 Å². The number of carbonyl (C=O) groups is 2. The fraction of sp³-hybridized carbons (Fsp3) is 0.647. The second-order valence-electron chi connectivity index (χ2n) is 6.67. The molecular formula is C17H25N5O3. The minimum atomic E-state index is -0.464. The molecule has 3 rings (SSSR count). The monoisotopic (exact) mass is 347 g/mol. The first-order chi connectivity index (χ1) is 12.1. The molecule has 2 saturated heterocycles. The van der Waals surface area contributed by atoms with Crippen molar-refractivity contribution in [2.24, 2.45) is 0 Å². The van der Waals surface area contributed by atoms with Crippen LogP contribution in [0.3, 0.4) is 0 Å². The maximum Gasteiger partial charge on any atom is 0.256 e. The van der Waals surface area contributed by atoms with E-state index in [2.05, 4.69) is 14.9 Å². The van der Waals surface area contributed by atoms with Crippen LogP contribution in [0.4, 0.5) is 0 Å². The number of aromatic nitrogens is 2. The smallest absolute Gasteiger partial charge is 0.256 e. The fourth-order valence-corrected chi connectivity index (χ4v) is 3.66. The summed E-state index contributed by atoms with van der Waals surface area (Å²) in [5, 5.41) is 10.6. The van der Waals surface area contributed by atoms with Crippen LogP contribution in [-0.4, -0.2) is 93.0 Å². The van der Waals surface area contributed by atoms with Gasteiger partial charge in [-0.3, -0.25) is 14.5 Å². The molecule has 2 atom stereocenters. The molecule has 0 unspecified atom stereocenters. The van der Waals surface area contributed by atoms with Crippen molar-refractivity contribution in [2.45, 2.75) is 31.9 Å². The Balaban J connectivity index is 1.60. The summed E-state index contributed by atoms with van der Waals surface area (Å²) in [7, 11) is 0. The predicted molar refractivity (Wildman–Crippen MR) is 90.8 cm³/mol. The summed E-state index contributed by atoms with van der Waals surface area (Å²) >= 11 is 0. The summed E-state index contributed by atoms with van der Waals surface area (Å²) in [5.74, 6) is 0.0118. The number of carbonyl (C=O) groups excluding carboxylic acids is 2. The molecule has 2 fully saturated rings. The van der Waals surface area contributed by atoms with Crippen molar-refractivity contribution in [1.29, 1.82) is 0 Å². The first-order valence-corrected chi connectivity index (χ1v) is 8.78. The lowest BCUT2D eigenvalue weighted by molar-refractivity contribution is -0.131. The zero-order valence-electron chi connectivity index (χ0n) is 14.5. The van der Waals surface area contributed by atoms with Crippen molar-refractivity contribution in [3.05, 3.63) is 24.3 Å². The molecule has 0 aliphatic carbocycles. The first kappa shape index (κ1) is 17.8. The topological polar surface area (TPSA) is 89.9 Å². The fourth-order valence-electron chi connectivity index (χ4n) is 3.66. The zero-order valence-corrected chi connectivity index (χ0v) is 14.5. The number of nitrogens with zero attached hydrogens (tertiary/aromatic N) is 5. The van der Waals surface area contributed by atoms with E-state index >= 15 is 0 Å². The largest absolute Gasteiger partial charge is 0.391 e. The Bertz CT molecular complexity index is 604.